The fourth-order valence-electron chi connectivity index (χ4n) is 3.38. The normalized spacial score (nSPS) is 22.2. The van der Waals surface area contributed by atoms with E-state index in [1.807, 2.05) is 6.08 Å². The van der Waals surface area contributed by atoms with Gasteiger partial charge in [0.25, 0.3) is 0 Å². The van der Waals surface area contributed by atoms with E-state index in [2.05, 4.69) is 5.32 Å². The lowest BCUT2D eigenvalue weighted by molar-refractivity contribution is -0.118. The van der Waals surface area contributed by atoms with Crippen LogP contribution in [0.15, 0.2) is 47.4 Å². The molecule has 0 aliphatic carbocycles. The van der Waals surface area contributed by atoms with E-state index in [0.717, 1.165) is 23.1 Å². The van der Waals surface area contributed by atoms with Gasteiger partial charge in [-0.15, -0.1) is 11.8 Å². The molecule has 1 atom stereocenters. The van der Waals surface area contributed by atoms with Gasteiger partial charge < -0.3 is 10.4 Å². The lowest BCUT2D eigenvalue weighted by Gasteiger charge is -2.29. The van der Waals surface area contributed by atoms with Gasteiger partial charge in [-0.2, -0.15) is 0 Å². The molecule has 0 fully saturated rings. The summed E-state index contributed by atoms with van der Waals surface area (Å²) < 4.78 is 27.8. The third-order valence-corrected chi connectivity index (χ3v) is 5.68. The molecule has 6 heteroatoms. The van der Waals surface area contributed by atoms with E-state index in [1.165, 1.54) is 30.0 Å². The number of allylic oxidation sites excluding steroid dienone is 1. The first kappa shape index (κ1) is 15.2. The number of amides is 1. The highest BCUT2D eigenvalue weighted by Gasteiger charge is 2.53. The maximum absolute atomic E-state index is 14.2. The third-order valence-electron chi connectivity index (χ3n) is 4.45. The predicted molar refractivity (Wildman–Crippen MR) is 89.0 cm³/mol. The Morgan fingerprint density at radius 3 is 2.54 bits per heavy atom. The third kappa shape index (κ3) is 1.92. The molecule has 2 aromatic carbocycles. The van der Waals surface area contributed by atoms with Gasteiger partial charge in [-0.05, 0) is 30.2 Å². The van der Waals surface area contributed by atoms with E-state index in [1.54, 1.807) is 12.1 Å². The number of phenolic OH excluding ortho intramolecular Hbond substituents is 1. The van der Waals surface area contributed by atoms with Gasteiger partial charge in [-0.3, -0.25) is 4.79 Å². The van der Waals surface area contributed by atoms with Crippen molar-refractivity contribution in [1.29, 1.82) is 0 Å². The Bertz CT molecular complexity index is 879. The summed E-state index contributed by atoms with van der Waals surface area (Å²) in [4.78, 5) is 13.8. The first-order chi connectivity index (χ1) is 11.5. The SMILES string of the molecule is O=C1Nc2c(ccc(F)c2F)C1(C1=CCCS1)c1ccc(O)cc1. The number of carbonyl (C=O) groups is 1. The number of benzene rings is 2. The van der Waals surface area contributed by atoms with Gasteiger partial charge >= 0.3 is 0 Å². The van der Waals surface area contributed by atoms with Crippen LogP contribution in [0.3, 0.4) is 0 Å². The van der Waals surface area contributed by atoms with Crippen molar-refractivity contribution >= 4 is 23.4 Å². The molecule has 0 saturated carbocycles. The predicted octanol–water partition coefficient (Wildman–Crippen LogP) is 3.93. The number of phenols is 1. The average Bonchev–Trinajstić information content (AvgIpc) is 3.19. The Morgan fingerprint density at radius 2 is 1.88 bits per heavy atom. The van der Waals surface area contributed by atoms with E-state index in [4.69, 9.17) is 0 Å². The van der Waals surface area contributed by atoms with Gasteiger partial charge in [0.05, 0.1) is 5.69 Å². The maximum Gasteiger partial charge on any atom is 0.244 e. The van der Waals surface area contributed by atoms with Crippen LogP contribution in [0, 0.1) is 11.6 Å². The summed E-state index contributed by atoms with van der Waals surface area (Å²) >= 11 is 1.54. The Balaban J connectivity index is 2.04. The van der Waals surface area contributed by atoms with Crippen LogP contribution in [-0.2, 0) is 10.2 Å². The summed E-state index contributed by atoms with van der Waals surface area (Å²) in [5.41, 5.74) is -0.305. The second-order valence-corrected chi connectivity index (χ2v) is 6.88. The lowest BCUT2D eigenvalue weighted by atomic mass is 9.74. The van der Waals surface area contributed by atoms with Crippen LogP contribution in [0.25, 0.3) is 0 Å². The van der Waals surface area contributed by atoms with Crippen molar-refractivity contribution in [2.75, 3.05) is 11.1 Å². The van der Waals surface area contributed by atoms with Crippen molar-refractivity contribution in [2.24, 2.45) is 0 Å². The minimum Gasteiger partial charge on any atom is -0.508 e. The number of hydrogen-bond acceptors (Lipinski definition) is 3. The number of thioether (sulfide) groups is 1. The minimum atomic E-state index is -1.21. The van der Waals surface area contributed by atoms with Crippen LogP contribution in [0.4, 0.5) is 14.5 Å². The number of anilines is 1. The summed E-state index contributed by atoms with van der Waals surface area (Å²) in [6.45, 7) is 0. The standard InChI is InChI=1S/C18H13F2NO2S/c19-13-8-7-12-16(15(13)20)21-17(23)18(12,14-2-1-9-24-14)10-3-5-11(22)6-4-10/h2-8,22H,1,9H2,(H,21,23). The van der Waals surface area contributed by atoms with Gasteiger partial charge in [-0.25, -0.2) is 8.78 Å². The smallest absolute Gasteiger partial charge is 0.244 e. The van der Waals surface area contributed by atoms with Crippen LogP contribution in [0.2, 0.25) is 0 Å². The number of fused-ring (bicyclic) bond motifs is 1. The van der Waals surface area contributed by atoms with E-state index in [0.29, 0.717) is 11.1 Å². The molecule has 4 rings (SSSR count). The number of nitrogens with one attached hydrogen (secondary N) is 1. The molecule has 2 aromatic rings. The van der Waals surface area contributed by atoms with Crippen LogP contribution in [0.1, 0.15) is 17.5 Å². The molecule has 0 saturated heterocycles. The van der Waals surface area contributed by atoms with Crippen LogP contribution in [0.5, 0.6) is 5.75 Å². The van der Waals surface area contributed by atoms with Crippen LogP contribution in [-0.4, -0.2) is 16.8 Å². The highest BCUT2D eigenvalue weighted by Crippen LogP contribution is 2.53. The highest BCUT2D eigenvalue weighted by molar-refractivity contribution is 8.03. The Kier molecular flexibility index (Phi) is 3.38. The first-order valence-corrected chi connectivity index (χ1v) is 8.46. The van der Waals surface area contributed by atoms with Crippen LogP contribution >= 0.6 is 11.8 Å². The molecule has 2 aliphatic rings. The Hall–Kier alpha value is -2.34. The van der Waals surface area contributed by atoms with E-state index < -0.39 is 23.0 Å². The first-order valence-electron chi connectivity index (χ1n) is 7.48. The lowest BCUT2D eigenvalue weighted by Crippen LogP contribution is -2.36. The second kappa shape index (κ2) is 5.34. The zero-order chi connectivity index (χ0) is 16.9. The fraction of sp³-hybridized carbons (Fsp3) is 0.167. The van der Waals surface area contributed by atoms with Crippen molar-refractivity contribution in [1.82, 2.24) is 0 Å². The molecule has 0 radical (unpaired) electrons. The van der Waals surface area contributed by atoms with Gasteiger partial charge in [-0.1, -0.05) is 24.3 Å². The molecule has 122 valence electrons. The monoisotopic (exact) mass is 345 g/mol. The number of hydrogen-bond donors (Lipinski definition) is 2. The summed E-state index contributed by atoms with van der Waals surface area (Å²) in [6.07, 6.45) is 2.78. The molecule has 3 nitrogen and oxygen atoms in total. The summed E-state index contributed by atoms with van der Waals surface area (Å²) in [7, 11) is 0. The minimum absolute atomic E-state index is 0.0749. The Labute approximate surface area is 141 Å². The Morgan fingerprint density at radius 1 is 1.12 bits per heavy atom. The topological polar surface area (TPSA) is 49.3 Å². The van der Waals surface area contributed by atoms with Crippen LogP contribution < -0.4 is 5.32 Å². The average molecular weight is 345 g/mol. The van der Waals surface area contributed by atoms with Gasteiger partial charge in [0.15, 0.2) is 11.6 Å². The summed E-state index contributed by atoms with van der Waals surface area (Å²) in [6, 6.07) is 8.77. The van der Waals surface area contributed by atoms with Gasteiger partial charge in [0.1, 0.15) is 11.2 Å². The van der Waals surface area contributed by atoms with Crippen molar-refractivity contribution < 1.29 is 18.7 Å². The zero-order valence-corrected chi connectivity index (χ0v) is 13.3. The van der Waals surface area contributed by atoms with Crippen molar-refractivity contribution in [3.05, 3.63) is 70.1 Å². The number of rotatable bonds is 2. The molecular formula is C18H13F2NO2S. The number of carbonyl (C=O) groups excluding carboxylic acids is 1. The molecule has 24 heavy (non-hydrogen) atoms. The largest absolute Gasteiger partial charge is 0.508 e. The highest BCUT2D eigenvalue weighted by atomic mass is 32.2. The molecule has 0 bridgehead atoms. The number of aromatic hydroxyl groups is 1. The van der Waals surface area contributed by atoms with Gasteiger partial charge in [0.2, 0.25) is 5.91 Å². The quantitative estimate of drug-likeness (QED) is 0.867. The summed E-state index contributed by atoms with van der Waals surface area (Å²) in [5, 5.41) is 12.1. The maximum atomic E-state index is 14.2. The molecule has 2 N–H and O–H groups in total. The van der Waals surface area contributed by atoms with Gasteiger partial charge in [0, 0.05) is 16.2 Å². The molecule has 2 heterocycles. The van der Waals surface area contributed by atoms with E-state index in [-0.39, 0.29) is 11.4 Å². The fourth-order valence-corrected chi connectivity index (χ4v) is 4.61. The van der Waals surface area contributed by atoms with Crippen molar-refractivity contribution in [3.8, 4) is 5.75 Å². The summed E-state index contributed by atoms with van der Waals surface area (Å²) in [5.74, 6) is -1.55. The second-order valence-electron chi connectivity index (χ2n) is 5.74. The van der Waals surface area contributed by atoms with E-state index in [9.17, 15) is 18.7 Å². The molecule has 2 aliphatic heterocycles. The van der Waals surface area contributed by atoms with E-state index >= 15 is 0 Å². The molecule has 0 spiro atoms. The van der Waals surface area contributed by atoms with Crippen molar-refractivity contribution in [3.63, 3.8) is 0 Å². The molecule has 1 amide bonds. The molecular weight excluding hydrogens is 332 g/mol. The molecule has 0 aromatic heterocycles. The molecule has 1 unspecified atom stereocenters. The zero-order valence-electron chi connectivity index (χ0n) is 12.5. The number of halogens is 2. The van der Waals surface area contributed by atoms with Crippen molar-refractivity contribution in [2.45, 2.75) is 11.8 Å².